The van der Waals surface area contributed by atoms with Gasteiger partial charge in [0.15, 0.2) is 17.0 Å². The van der Waals surface area contributed by atoms with Gasteiger partial charge in [-0.3, -0.25) is 18.7 Å². The molecule has 0 amide bonds. The highest BCUT2D eigenvalue weighted by molar-refractivity contribution is 6.30. The second kappa shape index (κ2) is 11.2. The molecule has 0 spiro atoms. The molecule has 0 saturated heterocycles. The van der Waals surface area contributed by atoms with Crippen molar-refractivity contribution < 1.29 is 27.4 Å². The minimum Gasteiger partial charge on any atom is -0.497 e. The Morgan fingerprint density at radius 3 is 2.14 bits per heavy atom. The molecule has 5 aromatic rings. The lowest BCUT2D eigenvalue weighted by Crippen LogP contribution is -2.40. The van der Waals surface area contributed by atoms with Gasteiger partial charge >= 0.3 is 12.1 Å². The van der Waals surface area contributed by atoms with E-state index >= 15 is 0 Å². The summed E-state index contributed by atoms with van der Waals surface area (Å²) in [5.74, 6) is -1.02. The van der Waals surface area contributed by atoms with Crippen LogP contribution >= 0.6 is 11.6 Å². The van der Waals surface area contributed by atoms with E-state index in [-0.39, 0.29) is 35.6 Å². The number of rotatable bonds is 8. The van der Waals surface area contributed by atoms with Crippen LogP contribution < -0.4 is 20.7 Å². The number of halogens is 4. The minimum absolute atomic E-state index is 0.0243. The first-order chi connectivity index (χ1) is 19.9. The van der Waals surface area contributed by atoms with E-state index in [9.17, 15) is 27.6 Å². The molecule has 0 aliphatic rings. The van der Waals surface area contributed by atoms with E-state index in [0.717, 1.165) is 21.3 Å². The standard InChI is InChI=1S/C29H22ClF3N4O5/c1-35-25-23(27(39)37(28(35)40)16-18-8-12-21(41-2)13-9-18)36(15-17-6-10-20(30)11-7-17)26(34-25)24(38)19-4-3-5-22(14-19)42-29(31,32)33/h3-14H,15-16H2,1-2H3. The number of aromatic nitrogens is 4. The molecule has 0 aliphatic carbocycles. The number of hydrogen-bond acceptors (Lipinski definition) is 6. The van der Waals surface area contributed by atoms with Gasteiger partial charge in [0.2, 0.25) is 5.78 Å². The molecule has 0 bridgehead atoms. The first-order valence-corrected chi connectivity index (χ1v) is 12.8. The van der Waals surface area contributed by atoms with Gasteiger partial charge in [-0.25, -0.2) is 9.78 Å². The van der Waals surface area contributed by atoms with Gasteiger partial charge in [-0.2, -0.15) is 0 Å². The summed E-state index contributed by atoms with van der Waals surface area (Å²) < 4.78 is 51.1. The van der Waals surface area contributed by atoms with E-state index < -0.39 is 29.1 Å². The van der Waals surface area contributed by atoms with Crippen molar-refractivity contribution in [3.8, 4) is 11.5 Å². The lowest BCUT2D eigenvalue weighted by Gasteiger charge is -2.12. The molecule has 5 rings (SSSR count). The molecule has 0 saturated carbocycles. The second-order valence-corrected chi connectivity index (χ2v) is 9.74. The first-order valence-electron chi connectivity index (χ1n) is 12.4. The fourth-order valence-corrected chi connectivity index (χ4v) is 4.61. The number of nitrogens with zero attached hydrogens (tertiary/aromatic N) is 4. The van der Waals surface area contributed by atoms with Gasteiger partial charge in [-0.05, 0) is 47.5 Å². The number of carbonyl (C=O) groups is 1. The number of fused-ring (bicyclic) bond motifs is 1. The lowest BCUT2D eigenvalue weighted by molar-refractivity contribution is -0.274. The maximum Gasteiger partial charge on any atom is 0.573 e. The van der Waals surface area contributed by atoms with Crippen LogP contribution in [-0.2, 0) is 20.1 Å². The fourth-order valence-electron chi connectivity index (χ4n) is 4.49. The lowest BCUT2D eigenvalue weighted by atomic mass is 10.1. The van der Waals surface area contributed by atoms with Crippen LogP contribution in [-0.4, -0.2) is 37.9 Å². The van der Waals surface area contributed by atoms with Crippen molar-refractivity contribution in [2.75, 3.05) is 7.11 Å². The molecular formula is C29H22ClF3N4O5. The molecule has 0 radical (unpaired) electrons. The van der Waals surface area contributed by atoms with Crippen LogP contribution in [0.25, 0.3) is 11.2 Å². The third-order valence-corrected chi connectivity index (χ3v) is 6.77. The Bertz CT molecular complexity index is 1910. The number of methoxy groups -OCH3 is 1. The van der Waals surface area contributed by atoms with Crippen LogP contribution in [0.5, 0.6) is 11.5 Å². The number of aryl methyl sites for hydroxylation is 1. The van der Waals surface area contributed by atoms with E-state index in [1.807, 2.05) is 0 Å². The quantitative estimate of drug-likeness (QED) is 0.238. The maximum atomic E-state index is 13.9. The number of ketones is 1. The smallest absolute Gasteiger partial charge is 0.497 e. The fraction of sp³-hybridized carbons (Fsp3) is 0.172. The number of hydrogen-bond donors (Lipinski definition) is 0. The summed E-state index contributed by atoms with van der Waals surface area (Å²) in [6.07, 6.45) is -4.96. The van der Waals surface area contributed by atoms with Crippen LogP contribution in [0.2, 0.25) is 5.02 Å². The topological polar surface area (TPSA) is 97.3 Å². The Hall–Kier alpha value is -4.84. The summed E-state index contributed by atoms with van der Waals surface area (Å²) in [5, 5.41) is 0.469. The summed E-state index contributed by atoms with van der Waals surface area (Å²) in [6.45, 7) is -0.0961. The van der Waals surface area contributed by atoms with Crippen molar-refractivity contribution in [2.24, 2.45) is 7.05 Å². The van der Waals surface area contributed by atoms with Crippen LogP contribution in [0.4, 0.5) is 13.2 Å². The number of alkyl halides is 3. The third-order valence-electron chi connectivity index (χ3n) is 6.52. The molecule has 0 N–H and O–H groups in total. The summed E-state index contributed by atoms with van der Waals surface area (Å²) in [5.41, 5.74) is -0.319. The Kier molecular flexibility index (Phi) is 7.65. The summed E-state index contributed by atoms with van der Waals surface area (Å²) in [6, 6.07) is 18.0. The summed E-state index contributed by atoms with van der Waals surface area (Å²) in [4.78, 5) is 45.2. The first kappa shape index (κ1) is 28.7. The van der Waals surface area contributed by atoms with Crippen LogP contribution in [0.1, 0.15) is 27.3 Å². The highest BCUT2D eigenvalue weighted by atomic mass is 35.5. The molecule has 0 unspecified atom stereocenters. The highest BCUT2D eigenvalue weighted by Crippen LogP contribution is 2.25. The number of carbonyl (C=O) groups excluding carboxylic acids is 1. The van der Waals surface area contributed by atoms with Gasteiger partial charge in [0, 0.05) is 17.6 Å². The SMILES string of the molecule is COc1ccc(Cn2c(=O)c3c(nc(C(=O)c4cccc(OC(F)(F)F)c4)n3Cc3ccc(Cl)cc3)n(C)c2=O)cc1. The summed E-state index contributed by atoms with van der Waals surface area (Å²) in [7, 11) is 2.93. The largest absolute Gasteiger partial charge is 0.573 e. The van der Waals surface area contributed by atoms with E-state index in [1.165, 1.54) is 30.9 Å². The second-order valence-electron chi connectivity index (χ2n) is 9.31. The molecule has 3 aromatic carbocycles. The maximum absolute atomic E-state index is 13.9. The van der Waals surface area contributed by atoms with E-state index in [1.54, 1.807) is 48.5 Å². The van der Waals surface area contributed by atoms with Gasteiger partial charge in [-0.15, -0.1) is 13.2 Å². The van der Waals surface area contributed by atoms with E-state index in [4.69, 9.17) is 16.3 Å². The zero-order chi connectivity index (χ0) is 30.2. The average molecular weight is 599 g/mol. The predicted molar refractivity (Wildman–Crippen MR) is 148 cm³/mol. The van der Waals surface area contributed by atoms with Gasteiger partial charge in [0.25, 0.3) is 5.56 Å². The average Bonchev–Trinajstić information content (AvgIpc) is 3.33. The van der Waals surface area contributed by atoms with Gasteiger partial charge in [0.1, 0.15) is 11.5 Å². The Balaban J connectivity index is 1.69. The summed E-state index contributed by atoms with van der Waals surface area (Å²) >= 11 is 6.03. The molecule has 0 atom stereocenters. The Labute approximate surface area is 240 Å². The zero-order valence-corrected chi connectivity index (χ0v) is 22.9. The molecule has 0 aliphatic heterocycles. The normalized spacial score (nSPS) is 11.6. The van der Waals surface area contributed by atoms with Gasteiger partial charge in [-0.1, -0.05) is 48.0 Å². The van der Waals surface area contributed by atoms with Gasteiger partial charge < -0.3 is 14.0 Å². The predicted octanol–water partition coefficient (Wildman–Crippen LogP) is 4.78. The van der Waals surface area contributed by atoms with Crippen molar-refractivity contribution in [1.29, 1.82) is 0 Å². The van der Waals surface area contributed by atoms with Crippen molar-refractivity contribution in [1.82, 2.24) is 18.7 Å². The number of ether oxygens (including phenoxy) is 2. The zero-order valence-electron chi connectivity index (χ0n) is 22.2. The number of benzene rings is 3. The molecular weight excluding hydrogens is 577 g/mol. The van der Waals surface area contributed by atoms with Crippen LogP contribution in [0.3, 0.4) is 0 Å². The van der Waals surface area contributed by atoms with Crippen LogP contribution in [0.15, 0.2) is 82.4 Å². The number of imidazole rings is 1. The molecule has 0 fully saturated rings. The molecule has 9 nitrogen and oxygen atoms in total. The molecule has 13 heteroatoms. The Morgan fingerprint density at radius 2 is 1.52 bits per heavy atom. The van der Waals surface area contributed by atoms with Crippen molar-refractivity contribution >= 4 is 28.5 Å². The Morgan fingerprint density at radius 1 is 0.905 bits per heavy atom. The molecule has 42 heavy (non-hydrogen) atoms. The van der Waals surface area contributed by atoms with Gasteiger partial charge in [0.05, 0.1) is 20.2 Å². The minimum atomic E-state index is -4.96. The highest BCUT2D eigenvalue weighted by Gasteiger charge is 2.32. The van der Waals surface area contributed by atoms with Crippen molar-refractivity contribution in [3.63, 3.8) is 0 Å². The van der Waals surface area contributed by atoms with Crippen molar-refractivity contribution in [2.45, 2.75) is 19.5 Å². The molecule has 2 heterocycles. The third kappa shape index (κ3) is 5.79. The van der Waals surface area contributed by atoms with Crippen LogP contribution in [0, 0.1) is 0 Å². The van der Waals surface area contributed by atoms with E-state index in [0.29, 0.717) is 21.9 Å². The molecule has 216 valence electrons. The van der Waals surface area contributed by atoms with E-state index in [2.05, 4.69) is 9.72 Å². The van der Waals surface area contributed by atoms with Crippen molar-refractivity contribution in [3.05, 3.63) is 121 Å². The monoisotopic (exact) mass is 598 g/mol. The molecule has 2 aromatic heterocycles.